The van der Waals surface area contributed by atoms with Gasteiger partial charge in [0.25, 0.3) is 11.8 Å². The highest BCUT2D eigenvalue weighted by atomic mass is 35.5. The van der Waals surface area contributed by atoms with Gasteiger partial charge < -0.3 is 0 Å². The van der Waals surface area contributed by atoms with Crippen LogP contribution >= 0.6 is 11.6 Å². The zero-order chi connectivity index (χ0) is 17.4. The maximum Gasteiger partial charge on any atom is 0.258 e. The molecule has 1 aliphatic heterocycles. The van der Waals surface area contributed by atoms with Crippen molar-refractivity contribution in [2.45, 2.75) is 0 Å². The molecule has 0 saturated heterocycles. The van der Waals surface area contributed by atoms with Gasteiger partial charge in [0, 0.05) is 27.9 Å². The highest BCUT2D eigenvalue weighted by Gasteiger charge is 2.26. The topological polar surface area (TPSA) is 64.0 Å². The van der Waals surface area contributed by atoms with Crippen molar-refractivity contribution in [1.82, 2.24) is 15.1 Å². The summed E-state index contributed by atoms with van der Waals surface area (Å²) in [5.41, 5.74) is 3.15. The molecule has 0 bridgehead atoms. The summed E-state index contributed by atoms with van der Waals surface area (Å²) >= 11 is 5.90. The van der Waals surface area contributed by atoms with Crippen molar-refractivity contribution >= 4 is 35.1 Å². The maximum absolute atomic E-state index is 12.2. The van der Waals surface area contributed by atoms with Crippen LogP contribution in [0.15, 0.2) is 60.9 Å². The van der Waals surface area contributed by atoms with Crippen LogP contribution in [0, 0.1) is 0 Å². The molecule has 2 aromatic carbocycles. The van der Waals surface area contributed by atoms with E-state index in [-0.39, 0.29) is 5.91 Å². The number of fused-ring (bicyclic) bond motifs is 1. The van der Waals surface area contributed by atoms with Crippen molar-refractivity contribution < 1.29 is 9.59 Å². The summed E-state index contributed by atoms with van der Waals surface area (Å²) in [6.45, 7) is 0. The minimum absolute atomic E-state index is 0.380. The Morgan fingerprint density at radius 1 is 0.960 bits per heavy atom. The molecule has 2 heterocycles. The van der Waals surface area contributed by atoms with E-state index in [0.29, 0.717) is 21.7 Å². The molecule has 0 fully saturated rings. The van der Waals surface area contributed by atoms with Gasteiger partial charge in [-0.1, -0.05) is 29.8 Å². The van der Waals surface area contributed by atoms with Crippen molar-refractivity contribution in [3.63, 3.8) is 0 Å². The van der Waals surface area contributed by atoms with Gasteiger partial charge in [-0.25, -0.2) is 4.68 Å². The lowest BCUT2D eigenvalue weighted by Gasteiger charge is -2.17. The van der Waals surface area contributed by atoms with E-state index in [9.17, 15) is 9.59 Å². The average molecular weight is 350 g/mol. The minimum Gasteiger partial charge on any atom is -0.288 e. The van der Waals surface area contributed by atoms with E-state index >= 15 is 0 Å². The lowest BCUT2D eigenvalue weighted by Crippen LogP contribution is -2.36. The Morgan fingerprint density at radius 2 is 1.68 bits per heavy atom. The van der Waals surface area contributed by atoms with Crippen molar-refractivity contribution in [1.29, 1.82) is 0 Å². The molecule has 2 amide bonds. The minimum atomic E-state index is -0.414. The first-order valence-electron chi connectivity index (χ1n) is 7.59. The fourth-order valence-corrected chi connectivity index (χ4v) is 2.86. The molecule has 0 aliphatic carbocycles. The Labute approximate surface area is 148 Å². The number of rotatable bonds is 2. The van der Waals surface area contributed by atoms with Gasteiger partial charge in [0.1, 0.15) is 0 Å². The molecule has 6 heteroatoms. The van der Waals surface area contributed by atoms with Crippen molar-refractivity contribution in [2.75, 3.05) is 0 Å². The molecule has 0 radical (unpaired) electrons. The first-order chi connectivity index (χ1) is 12.1. The molecule has 122 valence electrons. The molecule has 0 atom stereocenters. The van der Waals surface area contributed by atoms with Crippen LogP contribution < -0.4 is 5.32 Å². The summed E-state index contributed by atoms with van der Waals surface area (Å²) in [6, 6.07) is 14.3. The van der Waals surface area contributed by atoms with E-state index in [2.05, 4.69) is 10.4 Å². The van der Waals surface area contributed by atoms with E-state index in [4.69, 9.17) is 11.6 Å². The third-order valence-corrected chi connectivity index (χ3v) is 4.19. The number of carbonyl (C=O) groups is 2. The van der Waals surface area contributed by atoms with Crippen LogP contribution in [-0.4, -0.2) is 21.6 Å². The normalized spacial score (nSPS) is 15.2. The lowest BCUT2D eigenvalue weighted by atomic mass is 9.94. The molecule has 25 heavy (non-hydrogen) atoms. The van der Waals surface area contributed by atoms with Gasteiger partial charge in [0.05, 0.1) is 11.9 Å². The second kappa shape index (κ2) is 6.03. The molecule has 1 aliphatic rings. The summed E-state index contributed by atoms with van der Waals surface area (Å²) in [5.74, 6) is -0.794. The third-order valence-electron chi connectivity index (χ3n) is 3.94. The van der Waals surface area contributed by atoms with Crippen LogP contribution in [-0.2, 0) is 4.79 Å². The second-order valence-corrected chi connectivity index (χ2v) is 6.02. The Kier molecular flexibility index (Phi) is 3.71. The van der Waals surface area contributed by atoms with Crippen LogP contribution in [0.25, 0.3) is 17.3 Å². The molecule has 1 N–H and O–H groups in total. The number of nitrogens with one attached hydrogen (secondary N) is 1. The average Bonchev–Trinajstić information content (AvgIpc) is 3.08. The first kappa shape index (κ1) is 15.4. The zero-order valence-electron chi connectivity index (χ0n) is 12.9. The fraction of sp³-hybridized carbons (Fsp3) is 0. The smallest absolute Gasteiger partial charge is 0.258 e. The molecule has 1 aromatic heterocycles. The molecular formula is C19H12ClN3O2. The molecule has 4 rings (SSSR count). The van der Waals surface area contributed by atoms with Gasteiger partial charge in [0.15, 0.2) is 0 Å². The van der Waals surface area contributed by atoms with Gasteiger partial charge >= 0.3 is 0 Å². The van der Waals surface area contributed by atoms with Crippen LogP contribution in [0.4, 0.5) is 0 Å². The fourth-order valence-electron chi connectivity index (χ4n) is 2.73. The Hall–Kier alpha value is -3.18. The van der Waals surface area contributed by atoms with Crippen molar-refractivity contribution in [3.05, 3.63) is 82.6 Å². The Morgan fingerprint density at radius 3 is 2.44 bits per heavy atom. The molecule has 3 aromatic rings. The van der Waals surface area contributed by atoms with E-state index in [1.165, 1.54) is 0 Å². The maximum atomic E-state index is 12.2. The largest absolute Gasteiger partial charge is 0.288 e. The summed E-state index contributed by atoms with van der Waals surface area (Å²) in [5, 5.41) is 7.32. The molecule has 5 nitrogen and oxygen atoms in total. The molecule has 0 unspecified atom stereocenters. The number of imide groups is 1. The number of amides is 2. The predicted octanol–water partition coefficient (Wildman–Crippen LogP) is 3.34. The van der Waals surface area contributed by atoms with Crippen LogP contribution in [0.2, 0.25) is 5.02 Å². The summed E-state index contributed by atoms with van der Waals surface area (Å²) < 4.78 is 1.69. The van der Waals surface area contributed by atoms with Crippen LogP contribution in [0.3, 0.4) is 0 Å². The number of nitrogens with zero attached hydrogens (tertiary/aromatic N) is 2. The van der Waals surface area contributed by atoms with Crippen molar-refractivity contribution in [3.8, 4) is 5.69 Å². The monoisotopic (exact) mass is 349 g/mol. The number of benzene rings is 2. The Balaban J connectivity index is 1.74. The predicted molar refractivity (Wildman–Crippen MR) is 95.4 cm³/mol. The van der Waals surface area contributed by atoms with Crippen LogP contribution in [0.1, 0.15) is 21.5 Å². The van der Waals surface area contributed by atoms with Gasteiger partial charge in [-0.3, -0.25) is 14.9 Å². The Bertz CT molecular complexity index is 1020. The van der Waals surface area contributed by atoms with Crippen LogP contribution in [0.5, 0.6) is 0 Å². The lowest BCUT2D eigenvalue weighted by molar-refractivity contribution is -0.114. The van der Waals surface area contributed by atoms with Gasteiger partial charge in [-0.15, -0.1) is 0 Å². The second-order valence-electron chi connectivity index (χ2n) is 5.58. The number of hydrogen-bond donors (Lipinski definition) is 1. The summed E-state index contributed by atoms with van der Waals surface area (Å²) in [6.07, 6.45) is 5.19. The summed E-state index contributed by atoms with van der Waals surface area (Å²) in [4.78, 5) is 24.2. The van der Waals surface area contributed by atoms with Gasteiger partial charge in [-0.05, 0) is 42.0 Å². The highest BCUT2D eigenvalue weighted by molar-refractivity contribution is 6.34. The standard InChI is InChI=1S/C19H12ClN3O2/c20-13-5-7-14(8-6-13)23-11-12(10-21-23)9-17-15-3-1-2-4-16(15)18(24)22-19(17)25/h1-11H,(H,22,24,25)/b17-9+. The van der Waals surface area contributed by atoms with E-state index in [0.717, 1.165) is 11.3 Å². The first-order valence-corrected chi connectivity index (χ1v) is 7.97. The number of hydrogen-bond acceptors (Lipinski definition) is 3. The zero-order valence-corrected chi connectivity index (χ0v) is 13.7. The van der Waals surface area contributed by atoms with E-state index < -0.39 is 5.91 Å². The SMILES string of the molecule is O=C1NC(=O)c2ccccc2/C1=C\c1cnn(-c2ccc(Cl)cc2)c1. The third kappa shape index (κ3) is 2.86. The van der Waals surface area contributed by atoms with Gasteiger partial charge in [0.2, 0.25) is 0 Å². The van der Waals surface area contributed by atoms with E-state index in [1.807, 2.05) is 18.3 Å². The van der Waals surface area contributed by atoms with Crippen molar-refractivity contribution in [2.24, 2.45) is 0 Å². The van der Waals surface area contributed by atoms with Gasteiger partial charge in [-0.2, -0.15) is 5.10 Å². The number of aromatic nitrogens is 2. The highest BCUT2D eigenvalue weighted by Crippen LogP contribution is 2.26. The van der Waals surface area contributed by atoms with E-state index in [1.54, 1.807) is 53.4 Å². The number of halogens is 1. The molecule has 0 saturated carbocycles. The number of carbonyl (C=O) groups excluding carboxylic acids is 2. The molecule has 0 spiro atoms. The quantitative estimate of drug-likeness (QED) is 0.570. The molecular weight excluding hydrogens is 338 g/mol. The summed E-state index contributed by atoms with van der Waals surface area (Å²) in [7, 11) is 0.